The Morgan fingerprint density at radius 2 is 1.90 bits per heavy atom. The number of benzene rings is 1. The SMILES string of the molecule is CC1=C2C[C@H]3[C@H](C[C@]2(C)CCC1)OC(=O)[C@H]3CN1CCN(c2cccc(C)c2C)CC1. The Hall–Kier alpha value is -1.81. The van der Waals surface area contributed by atoms with Gasteiger partial charge in [-0.25, -0.2) is 0 Å². The van der Waals surface area contributed by atoms with Crippen LogP contribution in [0.25, 0.3) is 0 Å². The number of rotatable bonds is 3. The van der Waals surface area contributed by atoms with Crippen molar-refractivity contribution in [2.24, 2.45) is 17.3 Å². The molecule has 1 aromatic carbocycles. The Labute approximate surface area is 187 Å². The van der Waals surface area contributed by atoms with Crippen LogP contribution in [0, 0.1) is 31.1 Å². The number of esters is 1. The Kier molecular flexibility index (Phi) is 5.40. The monoisotopic (exact) mass is 422 g/mol. The molecule has 31 heavy (non-hydrogen) atoms. The summed E-state index contributed by atoms with van der Waals surface area (Å²) in [6, 6.07) is 6.60. The minimum Gasteiger partial charge on any atom is -0.462 e. The lowest BCUT2D eigenvalue weighted by Crippen LogP contribution is -2.49. The summed E-state index contributed by atoms with van der Waals surface area (Å²) in [6.07, 6.45) is 6.02. The molecule has 0 radical (unpaired) electrons. The molecule has 3 fully saturated rings. The molecule has 168 valence electrons. The zero-order valence-corrected chi connectivity index (χ0v) is 19.7. The lowest BCUT2D eigenvalue weighted by atomic mass is 9.59. The van der Waals surface area contributed by atoms with Crippen LogP contribution in [-0.4, -0.2) is 49.7 Å². The third kappa shape index (κ3) is 3.71. The predicted octanol–water partition coefficient (Wildman–Crippen LogP) is 4.88. The minimum absolute atomic E-state index is 0.0454. The summed E-state index contributed by atoms with van der Waals surface area (Å²) in [4.78, 5) is 17.9. The van der Waals surface area contributed by atoms with E-state index in [0.29, 0.717) is 5.92 Å². The molecule has 0 unspecified atom stereocenters. The lowest BCUT2D eigenvalue weighted by Gasteiger charge is -2.46. The van der Waals surface area contributed by atoms with Gasteiger partial charge in [0.25, 0.3) is 0 Å². The number of carbonyl (C=O) groups excluding carboxylic acids is 1. The zero-order chi connectivity index (χ0) is 21.8. The van der Waals surface area contributed by atoms with Crippen LogP contribution in [0.2, 0.25) is 0 Å². The molecule has 4 atom stereocenters. The summed E-state index contributed by atoms with van der Waals surface area (Å²) in [5.41, 5.74) is 7.62. The smallest absolute Gasteiger partial charge is 0.310 e. The van der Waals surface area contributed by atoms with E-state index in [1.807, 2.05) is 0 Å². The maximum absolute atomic E-state index is 12.9. The topological polar surface area (TPSA) is 32.8 Å². The van der Waals surface area contributed by atoms with Crippen molar-refractivity contribution in [3.05, 3.63) is 40.5 Å². The second-order valence-corrected chi connectivity index (χ2v) is 10.8. The van der Waals surface area contributed by atoms with Gasteiger partial charge in [-0.3, -0.25) is 9.69 Å². The van der Waals surface area contributed by atoms with Crippen molar-refractivity contribution >= 4 is 11.7 Å². The van der Waals surface area contributed by atoms with Gasteiger partial charge in [-0.1, -0.05) is 30.2 Å². The molecule has 0 N–H and O–H groups in total. The summed E-state index contributed by atoms with van der Waals surface area (Å²) in [6.45, 7) is 14.1. The van der Waals surface area contributed by atoms with Gasteiger partial charge in [-0.2, -0.15) is 0 Å². The van der Waals surface area contributed by atoms with E-state index in [4.69, 9.17) is 4.74 Å². The van der Waals surface area contributed by atoms with Crippen LogP contribution < -0.4 is 4.90 Å². The average molecular weight is 423 g/mol. The van der Waals surface area contributed by atoms with Gasteiger partial charge in [0, 0.05) is 44.3 Å². The highest BCUT2D eigenvalue weighted by molar-refractivity contribution is 5.76. The Balaban J connectivity index is 1.25. The molecule has 2 aliphatic heterocycles. The van der Waals surface area contributed by atoms with Crippen LogP contribution in [-0.2, 0) is 9.53 Å². The number of piperazine rings is 1. The molecule has 0 spiro atoms. The molecule has 1 saturated carbocycles. The van der Waals surface area contributed by atoms with E-state index >= 15 is 0 Å². The highest BCUT2D eigenvalue weighted by Crippen LogP contribution is 2.55. The fourth-order valence-electron chi connectivity index (χ4n) is 6.85. The van der Waals surface area contributed by atoms with Crippen LogP contribution in [0.1, 0.15) is 57.1 Å². The van der Waals surface area contributed by atoms with Crippen LogP contribution in [0.5, 0.6) is 0 Å². The molecule has 4 heteroatoms. The van der Waals surface area contributed by atoms with Gasteiger partial charge in [0.2, 0.25) is 0 Å². The third-order valence-corrected chi connectivity index (χ3v) is 8.92. The standard InChI is InChI=1S/C27H38N2O2/c1-18-7-5-9-24(20(18)3)29-13-11-28(12-14-29)17-22-21-15-23-19(2)8-6-10-27(23,4)16-25(21)31-26(22)30/h5,7,9,21-22,25H,6,8,10-17H2,1-4H3/t21-,22+,25+,27+/m1/s1. The Morgan fingerprint density at radius 1 is 1.13 bits per heavy atom. The fourth-order valence-corrected chi connectivity index (χ4v) is 6.85. The predicted molar refractivity (Wildman–Crippen MR) is 125 cm³/mol. The van der Waals surface area contributed by atoms with Gasteiger partial charge >= 0.3 is 5.97 Å². The van der Waals surface area contributed by atoms with Crippen LogP contribution in [0.3, 0.4) is 0 Å². The number of hydrogen-bond acceptors (Lipinski definition) is 4. The van der Waals surface area contributed by atoms with Crippen molar-refractivity contribution in [2.45, 2.75) is 65.9 Å². The number of aryl methyl sites for hydroxylation is 1. The number of nitrogens with zero attached hydrogens (tertiary/aromatic N) is 2. The number of ether oxygens (including phenoxy) is 1. The summed E-state index contributed by atoms with van der Waals surface area (Å²) in [5, 5.41) is 0. The van der Waals surface area contributed by atoms with E-state index in [1.54, 1.807) is 11.1 Å². The second kappa shape index (κ2) is 7.95. The van der Waals surface area contributed by atoms with Crippen LogP contribution in [0.4, 0.5) is 5.69 Å². The van der Waals surface area contributed by atoms with E-state index in [0.717, 1.165) is 45.6 Å². The molecule has 5 rings (SSSR count). The van der Waals surface area contributed by atoms with Crippen molar-refractivity contribution in [3.8, 4) is 0 Å². The van der Waals surface area contributed by atoms with E-state index in [9.17, 15) is 4.79 Å². The van der Waals surface area contributed by atoms with E-state index < -0.39 is 0 Å². The molecule has 0 amide bonds. The lowest BCUT2D eigenvalue weighted by molar-refractivity contribution is -0.145. The molecule has 0 bridgehead atoms. The first-order valence-corrected chi connectivity index (χ1v) is 12.3. The second-order valence-electron chi connectivity index (χ2n) is 10.8. The van der Waals surface area contributed by atoms with Crippen molar-refractivity contribution in [1.29, 1.82) is 0 Å². The van der Waals surface area contributed by atoms with Crippen molar-refractivity contribution in [3.63, 3.8) is 0 Å². The first-order chi connectivity index (χ1) is 14.9. The van der Waals surface area contributed by atoms with E-state index in [-0.39, 0.29) is 23.4 Å². The van der Waals surface area contributed by atoms with Gasteiger partial charge in [0.15, 0.2) is 0 Å². The normalized spacial score (nSPS) is 33.9. The molecular formula is C27H38N2O2. The largest absolute Gasteiger partial charge is 0.462 e. The number of fused-ring (bicyclic) bond motifs is 2. The van der Waals surface area contributed by atoms with Crippen LogP contribution >= 0.6 is 0 Å². The van der Waals surface area contributed by atoms with Gasteiger partial charge in [-0.15, -0.1) is 0 Å². The molecule has 4 aliphatic rings. The summed E-state index contributed by atoms with van der Waals surface area (Å²) < 4.78 is 5.99. The van der Waals surface area contributed by atoms with Crippen molar-refractivity contribution in [2.75, 3.05) is 37.6 Å². The van der Waals surface area contributed by atoms with Gasteiger partial charge < -0.3 is 9.64 Å². The molecule has 4 nitrogen and oxygen atoms in total. The maximum Gasteiger partial charge on any atom is 0.310 e. The number of anilines is 1. The highest BCUT2D eigenvalue weighted by atomic mass is 16.6. The minimum atomic E-state index is 0.0454. The Morgan fingerprint density at radius 3 is 2.68 bits per heavy atom. The molecule has 2 saturated heterocycles. The quantitative estimate of drug-likeness (QED) is 0.513. The molecule has 1 aromatic rings. The third-order valence-electron chi connectivity index (χ3n) is 8.92. The summed E-state index contributed by atoms with van der Waals surface area (Å²) >= 11 is 0. The number of hydrogen-bond donors (Lipinski definition) is 0. The van der Waals surface area contributed by atoms with Crippen LogP contribution in [0.15, 0.2) is 29.3 Å². The highest BCUT2D eigenvalue weighted by Gasteiger charge is 2.53. The number of carbonyl (C=O) groups is 1. The molecule has 2 heterocycles. The van der Waals surface area contributed by atoms with Gasteiger partial charge in [-0.05, 0) is 75.5 Å². The van der Waals surface area contributed by atoms with Crippen molar-refractivity contribution < 1.29 is 9.53 Å². The van der Waals surface area contributed by atoms with Gasteiger partial charge in [0.1, 0.15) is 6.10 Å². The molecule has 0 aromatic heterocycles. The van der Waals surface area contributed by atoms with E-state index in [1.165, 1.54) is 36.1 Å². The Bertz CT molecular complexity index is 898. The maximum atomic E-state index is 12.9. The fraction of sp³-hybridized carbons (Fsp3) is 0.667. The van der Waals surface area contributed by atoms with Gasteiger partial charge in [0.05, 0.1) is 5.92 Å². The van der Waals surface area contributed by atoms with E-state index in [2.05, 4.69) is 55.7 Å². The first-order valence-electron chi connectivity index (χ1n) is 12.3. The summed E-state index contributed by atoms with van der Waals surface area (Å²) in [7, 11) is 0. The number of allylic oxidation sites excluding steroid dienone is 2. The summed E-state index contributed by atoms with van der Waals surface area (Å²) in [5.74, 6) is 0.483. The molecule has 2 aliphatic carbocycles. The van der Waals surface area contributed by atoms with Crippen molar-refractivity contribution in [1.82, 2.24) is 4.90 Å². The first kappa shape index (κ1) is 21.1. The average Bonchev–Trinajstić information content (AvgIpc) is 3.03. The molecular weight excluding hydrogens is 384 g/mol. The zero-order valence-electron chi connectivity index (χ0n) is 19.7.